The molecule has 78 valence electrons. The minimum Gasteiger partial charge on any atom is -0.480 e. The van der Waals surface area contributed by atoms with Gasteiger partial charge in [-0.2, -0.15) is 0 Å². The third-order valence-electron chi connectivity index (χ3n) is 2.06. The summed E-state index contributed by atoms with van der Waals surface area (Å²) in [7, 11) is 0. The first kappa shape index (κ1) is 12.4. The number of aliphatic carboxylic acids is 1. The Balaban J connectivity index is 3.64. The van der Waals surface area contributed by atoms with E-state index in [-0.39, 0.29) is 0 Å². The van der Waals surface area contributed by atoms with Gasteiger partial charge in [-0.15, -0.1) is 0 Å². The summed E-state index contributed by atoms with van der Waals surface area (Å²) in [5.41, 5.74) is 5.39. The van der Waals surface area contributed by atoms with E-state index in [1.54, 1.807) is 0 Å². The van der Waals surface area contributed by atoms with Crippen LogP contribution in [0.3, 0.4) is 0 Å². The van der Waals surface area contributed by atoms with Gasteiger partial charge < -0.3 is 15.7 Å². The molecule has 0 aromatic heterocycles. The van der Waals surface area contributed by atoms with Crippen LogP contribution in [-0.4, -0.2) is 41.7 Å². The van der Waals surface area contributed by atoms with Crippen molar-refractivity contribution in [2.75, 3.05) is 19.6 Å². The van der Waals surface area contributed by atoms with Crippen LogP contribution >= 0.6 is 0 Å². The summed E-state index contributed by atoms with van der Waals surface area (Å²) >= 11 is 0. The zero-order chi connectivity index (χ0) is 10.3. The SMILES string of the molecule is CCCN(CC)CC[C@@H](N)C(=O)O. The molecule has 0 bridgehead atoms. The second kappa shape index (κ2) is 6.86. The van der Waals surface area contributed by atoms with E-state index in [9.17, 15) is 4.79 Å². The second-order valence-corrected chi connectivity index (χ2v) is 3.17. The van der Waals surface area contributed by atoms with Crippen molar-refractivity contribution in [3.8, 4) is 0 Å². The van der Waals surface area contributed by atoms with E-state index in [4.69, 9.17) is 10.8 Å². The molecule has 0 spiro atoms. The Morgan fingerprint density at radius 2 is 2.08 bits per heavy atom. The predicted molar refractivity (Wildman–Crippen MR) is 52.6 cm³/mol. The first-order valence-corrected chi connectivity index (χ1v) is 4.82. The molecule has 0 aliphatic heterocycles. The summed E-state index contributed by atoms with van der Waals surface area (Å²) in [5.74, 6) is -0.910. The Labute approximate surface area is 79.7 Å². The number of carboxylic acid groups (broad SMARTS) is 1. The number of carboxylic acids is 1. The lowest BCUT2D eigenvalue weighted by Gasteiger charge is -2.20. The predicted octanol–water partition coefficient (Wildman–Crippen LogP) is 0.520. The normalized spacial score (nSPS) is 13.2. The number of hydrogen-bond acceptors (Lipinski definition) is 3. The number of nitrogens with two attached hydrogens (primary N) is 1. The van der Waals surface area contributed by atoms with Crippen LogP contribution in [0.25, 0.3) is 0 Å². The topological polar surface area (TPSA) is 66.6 Å². The van der Waals surface area contributed by atoms with Crippen molar-refractivity contribution in [1.29, 1.82) is 0 Å². The van der Waals surface area contributed by atoms with Gasteiger partial charge in [0.15, 0.2) is 0 Å². The van der Waals surface area contributed by atoms with E-state index in [2.05, 4.69) is 18.7 Å². The Morgan fingerprint density at radius 1 is 1.46 bits per heavy atom. The first-order chi connectivity index (χ1) is 6.11. The van der Waals surface area contributed by atoms with Crippen LogP contribution in [-0.2, 0) is 4.79 Å². The molecule has 0 aliphatic carbocycles. The maximum atomic E-state index is 10.4. The monoisotopic (exact) mass is 188 g/mol. The summed E-state index contributed by atoms with van der Waals surface area (Å²) in [6.45, 7) is 6.93. The highest BCUT2D eigenvalue weighted by Crippen LogP contribution is 1.96. The van der Waals surface area contributed by atoms with Gasteiger partial charge in [-0.25, -0.2) is 0 Å². The summed E-state index contributed by atoms with van der Waals surface area (Å²) in [6.07, 6.45) is 1.62. The minimum absolute atomic E-state index is 0.531. The van der Waals surface area contributed by atoms with Crippen LogP contribution in [0.5, 0.6) is 0 Å². The van der Waals surface area contributed by atoms with Crippen molar-refractivity contribution in [1.82, 2.24) is 4.90 Å². The molecule has 4 heteroatoms. The molecular formula is C9H20N2O2. The Kier molecular flexibility index (Phi) is 6.54. The average molecular weight is 188 g/mol. The number of rotatable bonds is 7. The fourth-order valence-electron chi connectivity index (χ4n) is 1.19. The molecule has 3 N–H and O–H groups in total. The minimum atomic E-state index is -0.910. The Morgan fingerprint density at radius 3 is 2.46 bits per heavy atom. The molecule has 4 nitrogen and oxygen atoms in total. The van der Waals surface area contributed by atoms with Gasteiger partial charge in [-0.05, 0) is 25.9 Å². The van der Waals surface area contributed by atoms with Crippen molar-refractivity contribution in [2.24, 2.45) is 5.73 Å². The molecule has 0 amide bonds. The van der Waals surface area contributed by atoms with Gasteiger partial charge in [0.1, 0.15) is 6.04 Å². The Hall–Kier alpha value is -0.610. The zero-order valence-electron chi connectivity index (χ0n) is 8.49. The third kappa shape index (κ3) is 5.60. The molecular weight excluding hydrogens is 168 g/mol. The van der Waals surface area contributed by atoms with Gasteiger partial charge in [-0.1, -0.05) is 13.8 Å². The van der Waals surface area contributed by atoms with Crippen LogP contribution in [0.2, 0.25) is 0 Å². The quantitative estimate of drug-likeness (QED) is 0.611. The van der Waals surface area contributed by atoms with Crippen LogP contribution in [0, 0.1) is 0 Å². The van der Waals surface area contributed by atoms with Gasteiger partial charge >= 0.3 is 5.97 Å². The van der Waals surface area contributed by atoms with Crippen LogP contribution in [0.1, 0.15) is 26.7 Å². The van der Waals surface area contributed by atoms with E-state index in [1.807, 2.05) is 0 Å². The van der Waals surface area contributed by atoms with E-state index < -0.39 is 12.0 Å². The summed E-state index contributed by atoms with van der Waals surface area (Å²) in [4.78, 5) is 12.6. The van der Waals surface area contributed by atoms with Gasteiger partial charge in [0.25, 0.3) is 0 Å². The molecule has 0 heterocycles. The molecule has 0 fully saturated rings. The molecule has 0 aliphatic rings. The van der Waals surface area contributed by atoms with Crippen LogP contribution in [0.4, 0.5) is 0 Å². The highest BCUT2D eigenvalue weighted by Gasteiger charge is 2.12. The van der Waals surface area contributed by atoms with E-state index in [0.29, 0.717) is 6.42 Å². The van der Waals surface area contributed by atoms with Gasteiger partial charge in [-0.3, -0.25) is 4.79 Å². The lowest BCUT2D eigenvalue weighted by Crippen LogP contribution is -2.35. The molecule has 0 unspecified atom stereocenters. The molecule has 0 aromatic carbocycles. The molecule has 0 saturated heterocycles. The second-order valence-electron chi connectivity index (χ2n) is 3.17. The van der Waals surface area contributed by atoms with Crippen molar-refractivity contribution in [3.05, 3.63) is 0 Å². The highest BCUT2D eigenvalue weighted by molar-refractivity contribution is 5.72. The lowest BCUT2D eigenvalue weighted by molar-refractivity contribution is -0.138. The highest BCUT2D eigenvalue weighted by atomic mass is 16.4. The van der Waals surface area contributed by atoms with Crippen molar-refractivity contribution >= 4 is 5.97 Å². The van der Waals surface area contributed by atoms with E-state index in [0.717, 1.165) is 26.1 Å². The summed E-state index contributed by atoms with van der Waals surface area (Å²) in [5, 5.41) is 8.55. The van der Waals surface area contributed by atoms with E-state index in [1.165, 1.54) is 0 Å². The van der Waals surface area contributed by atoms with E-state index >= 15 is 0 Å². The van der Waals surface area contributed by atoms with Crippen LogP contribution < -0.4 is 5.73 Å². The molecule has 0 radical (unpaired) electrons. The number of nitrogens with zero attached hydrogens (tertiary/aromatic N) is 1. The van der Waals surface area contributed by atoms with Crippen molar-refractivity contribution in [2.45, 2.75) is 32.7 Å². The summed E-state index contributed by atoms with van der Waals surface area (Å²) in [6, 6.07) is -0.717. The largest absolute Gasteiger partial charge is 0.480 e. The van der Waals surface area contributed by atoms with Gasteiger partial charge in [0, 0.05) is 6.54 Å². The maximum absolute atomic E-state index is 10.4. The summed E-state index contributed by atoms with van der Waals surface area (Å²) < 4.78 is 0. The zero-order valence-corrected chi connectivity index (χ0v) is 8.49. The number of hydrogen-bond donors (Lipinski definition) is 2. The van der Waals surface area contributed by atoms with Gasteiger partial charge in [0.2, 0.25) is 0 Å². The Bertz CT molecular complexity index is 151. The third-order valence-corrected chi connectivity index (χ3v) is 2.06. The smallest absolute Gasteiger partial charge is 0.320 e. The fraction of sp³-hybridized carbons (Fsp3) is 0.889. The van der Waals surface area contributed by atoms with Crippen molar-refractivity contribution in [3.63, 3.8) is 0 Å². The standard InChI is InChI=1S/C9H20N2O2/c1-3-6-11(4-2)7-5-8(10)9(12)13/h8H,3-7,10H2,1-2H3,(H,12,13)/t8-/m1/s1. The first-order valence-electron chi connectivity index (χ1n) is 4.82. The molecule has 0 rings (SSSR count). The molecule has 0 saturated carbocycles. The maximum Gasteiger partial charge on any atom is 0.320 e. The lowest BCUT2D eigenvalue weighted by atomic mass is 10.2. The molecule has 13 heavy (non-hydrogen) atoms. The van der Waals surface area contributed by atoms with Gasteiger partial charge in [0.05, 0.1) is 0 Å². The van der Waals surface area contributed by atoms with Crippen molar-refractivity contribution < 1.29 is 9.90 Å². The molecule has 0 aromatic rings. The average Bonchev–Trinajstić information content (AvgIpc) is 2.11. The molecule has 1 atom stereocenters. The number of carbonyl (C=O) groups is 1. The van der Waals surface area contributed by atoms with Crippen LogP contribution in [0.15, 0.2) is 0 Å². The fourth-order valence-corrected chi connectivity index (χ4v) is 1.19.